The number of aryl methyl sites for hydroxylation is 1. The van der Waals surface area contributed by atoms with E-state index in [4.69, 9.17) is 4.74 Å². The Labute approximate surface area is 172 Å². The molecule has 0 unspecified atom stereocenters. The Bertz CT molecular complexity index is 1110. The van der Waals surface area contributed by atoms with Gasteiger partial charge in [0.1, 0.15) is 10.8 Å². The summed E-state index contributed by atoms with van der Waals surface area (Å²) in [6, 6.07) is 15.1. The summed E-state index contributed by atoms with van der Waals surface area (Å²) in [7, 11) is 0. The second-order valence-electron chi connectivity index (χ2n) is 7.33. The molecular formula is C22H19N3O3S. The maximum atomic E-state index is 13.3. The summed E-state index contributed by atoms with van der Waals surface area (Å²) in [5, 5.41) is 5.70. The van der Waals surface area contributed by atoms with Crippen LogP contribution in [0, 0.1) is 6.92 Å². The van der Waals surface area contributed by atoms with Gasteiger partial charge in [-0.25, -0.2) is 9.78 Å². The van der Waals surface area contributed by atoms with Gasteiger partial charge in [0.15, 0.2) is 5.54 Å². The number of para-hydroxylation sites is 1. The van der Waals surface area contributed by atoms with Gasteiger partial charge >= 0.3 is 6.03 Å². The van der Waals surface area contributed by atoms with Crippen LogP contribution in [0.3, 0.4) is 0 Å². The second kappa shape index (κ2) is 6.70. The monoisotopic (exact) mass is 405 g/mol. The number of nitrogens with one attached hydrogen (secondary N) is 1. The van der Waals surface area contributed by atoms with Crippen molar-refractivity contribution in [1.82, 2.24) is 15.2 Å². The van der Waals surface area contributed by atoms with Gasteiger partial charge in [0.05, 0.1) is 18.8 Å². The van der Waals surface area contributed by atoms with Gasteiger partial charge in [-0.05, 0) is 13.0 Å². The van der Waals surface area contributed by atoms with Crippen LogP contribution in [-0.2, 0) is 16.9 Å². The first-order valence-corrected chi connectivity index (χ1v) is 10.3. The summed E-state index contributed by atoms with van der Waals surface area (Å²) in [6.07, 6.45) is 0.413. The van der Waals surface area contributed by atoms with E-state index in [-0.39, 0.29) is 12.5 Å². The van der Waals surface area contributed by atoms with Gasteiger partial charge in [0.25, 0.3) is 5.91 Å². The smallest absolute Gasteiger partial charge is 0.325 e. The number of carbonyl (C=O) groups is 2. The number of urea groups is 1. The zero-order valence-corrected chi connectivity index (χ0v) is 16.7. The van der Waals surface area contributed by atoms with E-state index in [0.29, 0.717) is 30.0 Å². The molecule has 1 fully saturated rings. The lowest BCUT2D eigenvalue weighted by Crippen LogP contribution is -2.47. The van der Waals surface area contributed by atoms with Crippen LogP contribution in [0.2, 0.25) is 0 Å². The molecule has 3 amide bonds. The van der Waals surface area contributed by atoms with Crippen molar-refractivity contribution in [3.05, 3.63) is 70.7 Å². The summed E-state index contributed by atoms with van der Waals surface area (Å²) in [5.41, 5.74) is 2.57. The highest BCUT2D eigenvalue weighted by Crippen LogP contribution is 2.41. The first-order valence-electron chi connectivity index (χ1n) is 9.45. The molecule has 1 N–H and O–H groups in total. The molecule has 3 heterocycles. The first-order chi connectivity index (χ1) is 14.1. The van der Waals surface area contributed by atoms with Gasteiger partial charge in [-0.3, -0.25) is 9.69 Å². The molecule has 2 aromatic carbocycles. The highest BCUT2D eigenvalue weighted by molar-refractivity contribution is 7.13. The van der Waals surface area contributed by atoms with Crippen molar-refractivity contribution in [3.63, 3.8) is 0 Å². The minimum absolute atomic E-state index is 0.151. The number of aromatic nitrogens is 1. The number of benzene rings is 2. The average molecular weight is 405 g/mol. The van der Waals surface area contributed by atoms with Crippen LogP contribution in [0.5, 0.6) is 5.75 Å². The fourth-order valence-corrected chi connectivity index (χ4v) is 4.70. The lowest BCUT2D eigenvalue weighted by molar-refractivity contribution is -0.133. The van der Waals surface area contributed by atoms with Gasteiger partial charge in [-0.1, -0.05) is 48.0 Å². The number of imide groups is 1. The normalized spacial score (nSPS) is 20.5. The van der Waals surface area contributed by atoms with Gasteiger partial charge in [0.2, 0.25) is 0 Å². The number of ether oxygens (including phenoxy) is 1. The number of hydrogen-bond acceptors (Lipinski definition) is 5. The standard InChI is InChI=1S/C22H19N3O3S/c1-14-6-8-15(9-7-14)19-23-16(13-29-19)12-25-20(26)22(24-21(25)27)10-11-28-18-5-3-2-4-17(18)22/h2-9,13H,10-12H2,1H3,(H,24,27)/t22-/m1/s1. The molecule has 0 saturated carbocycles. The van der Waals surface area contributed by atoms with E-state index in [1.807, 2.05) is 60.8 Å². The molecule has 1 saturated heterocycles. The van der Waals surface area contributed by atoms with E-state index in [1.54, 1.807) is 0 Å². The molecule has 1 aromatic heterocycles. The van der Waals surface area contributed by atoms with Crippen LogP contribution in [0.4, 0.5) is 4.79 Å². The van der Waals surface area contributed by atoms with Crippen molar-refractivity contribution in [2.24, 2.45) is 0 Å². The van der Waals surface area contributed by atoms with E-state index >= 15 is 0 Å². The lowest BCUT2D eigenvalue weighted by atomic mass is 9.84. The summed E-state index contributed by atoms with van der Waals surface area (Å²) < 4.78 is 5.68. The van der Waals surface area contributed by atoms with Crippen LogP contribution in [0.15, 0.2) is 53.9 Å². The number of amides is 3. The molecule has 6 nitrogen and oxygen atoms in total. The topological polar surface area (TPSA) is 71.5 Å². The van der Waals surface area contributed by atoms with Crippen LogP contribution in [-0.4, -0.2) is 28.4 Å². The fourth-order valence-electron chi connectivity index (χ4n) is 3.89. The van der Waals surface area contributed by atoms with Crippen molar-refractivity contribution in [2.45, 2.75) is 25.4 Å². The molecule has 0 aliphatic carbocycles. The summed E-state index contributed by atoms with van der Waals surface area (Å²) >= 11 is 1.51. The Morgan fingerprint density at radius 3 is 2.79 bits per heavy atom. The molecule has 1 atom stereocenters. The molecule has 0 radical (unpaired) electrons. The van der Waals surface area contributed by atoms with E-state index in [0.717, 1.165) is 10.6 Å². The molecule has 2 aliphatic rings. The number of hydrogen-bond donors (Lipinski definition) is 1. The predicted molar refractivity (Wildman–Crippen MR) is 110 cm³/mol. The molecule has 5 rings (SSSR count). The summed E-state index contributed by atoms with van der Waals surface area (Å²) in [6.45, 7) is 2.57. The Morgan fingerprint density at radius 2 is 1.97 bits per heavy atom. The number of rotatable bonds is 3. The van der Waals surface area contributed by atoms with Crippen LogP contribution in [0.25, 0.3) is 10.6 Å². The van der Waals surface area contributed by atoms with E-state index in [2.05, 4.69) is 10.3 Å². The Kier molecular flexibility index (Phi) is 4.13. The average Bonchev–Trinajstić information content (AvgIpc) is 3.29. The number of carbonyl (C=O) groups excluding carboxylic acids is 2. The molecule has 29 heavy (non-hydrogen) atoms. The third-order valence-corrected chi connectivity index (χ3v) is 6.37. The van der Waals surface area contributed by atoms with Crippen molar-refractivity contribution in [3.8, 4) is 16.3 Å². The Balaban J connectivity index is 1.42. The highest BCUT2D eigenvalue weighted by Gasteiger charge is 2.54. The van der Waals surface area contributed by atoms with Gasteiger partial charge in [-0.2, -0.15) is 0 Å². The third kappa shape index (κ3) is 2.89. The van der Waals surface area contributed by atoms with E-state index < -0.39 is 11.6 Å². The highest BCUT2D eigenvalue weighted by atomic mass is 32.1. The Morgan fingerprint density at radius 1 is 1.17 bits per heavy atom. The van der Waals surface area contributed by atoms with Gasteiger partial charge in [-0.15, -0.1) is 11.3 Å². The largest absolute Gasteiger partial charge is 0.493 e. The maximum Gasteiger partial charge on any atom is 0.325 e. The zero-order valence-electron chi connectivity index (χ0n) is 15.8. The minimum atomic E-state index is -1.05. The Hall–Kier alpha value is -3.19. The molecule has 2 aliphatic heterocycles. The third-order valence-electron chi connectivity index (χ3n) is 5.43. The lowest BCUT2D eigenvalue weighted by Gasteiger charge is -2.33. The number of fused-ring (bicyclic) bond motifs is 2. The molecule has 3 aromatic rings. The molecule has 0 bridgehead atoms. The molecular weight excluding hydrogens is 386 g/mol. The van der Waals surface area contributed by atoms with Gasteiger partial charge < -0.3 is 10.1 Å². The second-order valence-corrected chi connectivity index (χ2v) is 8.19. The van der Waals surface area contributed by atoms with Crippen molar-refractivity contribution < 1.29 is 14.3 Å². The van der Waals surface area contributed by atoms with Crippen molar-refractivity contribution in [1.29, 1.82) is 0 Å². The molecule has 1 spiro atoms. The van der Waals surface area contributed by atoms with E-state index in [9.17, 15) is 9.59 Å². The fraction of sp³-hybridized carbons (Fsp3) is 0.227. The summed E-state index contributed by atoms with van der Waals surface area (Å²) in [5.74, 6) is 0.396. The quantitative estimate of drug-likeness (QED) is 0.672. The maximum absolute atomic E-state index is 13.3. The number of thiazole rings is 1. The number of nitrogens with zero attached hydrogens (tertiary/aromatic N) is 2. The molecule has 7 heteroatoms. The molecule has 146 valence electrons. The van der Waals surface area contributed by atoms with Crippen LogP contribution < -0.4 is 10.1 Å². The van der Waals surface area contributed by atoms with Crippen molar-refractivity contribution >= 4 is 23.3 Å². The first kappa shape index (κ1) is 17.9. The van der Waals surface area contributed by atoms with Crippen LogP contribution >= 0.6 is 11.3 Å². The van der Waals surface area contributed by atoms with Crippen molar-refractivity contribution in [2.75, 3.05) is 6.61 Å². The van der Waals surface area contributed by atoms with E-state index in [1.165, 1.54) is 21.8 Å². The SMILES string of the molecule is Cc1ccc(-c2nc(CN3C(=O)N[C@@]4(CCOc5ccccc54)C3=O)cs2)cc1. The summed E-state index contributed by atoms with van der Waals surface area (Å²) in [4.78, 5) is 32.0. The van der Waals surface area contributed by atoms with Gasteiger partial charge in [0, 0.05) is 22.9 Å². The minimum Gasteiger partial charge on any atom is -0.493 e. The van der Waals surface area contributed by atoms with Crippen LogP contribution in [0.1, 0.15) is 23.2 Å². The zero-order chi connectivity index (χ0) is 20.0. The predicted octanol–water partition coefficient (Wildman–Crippen LogP) is 3.85.